The van der Waals surface area contributed by atoms with Crippen molar-refractivity contribution in [3.63, 3.8) is 0 Å². The van der Waals surface area contributed by atoms with Crippen molar-refractivity contribution < 1.29 is 19.0 Å². The molecule has 33 heavy (non-hydrogen) atoms. The fourth-order valence-electron chi connectivity index (χ4n) is 10.6. The van der Waals surface area contributed by atoms with Gasteiger partial charge in [-0.15, -0.1) is 0 Å². The molecule has 4 aliphatic carbocycles. The summed E-state index contributed by atoms with van der Waals surface area (Å²) in [5.41, 5.74) is 0.828. The lowest BCUT2D eigenvalue weighted by atomic mass is 9.44. The monoisotopic (exact) mass is 458 g/mol. The topological polar surface area (TPSA) is 44.8 Å². The van der Waals surface area contributed by atoms with Crippen LogP contribution in [-0.4, -0.2) is 30.6 Å². The standard InChI is InChI=1S/C29H46O4/c1-17-8-13-29(31-16-17)18(2)26-25(33-29)15-24-22-7-6-20-14-21(32-19(3)30)9-11-27(20,4)23(22)10-12-28(24,26)5/h17-18,20-26H,6-16H2,1-5H3/t17-,18+,20+,21-,22-,23-,24-,25+,26-,27-,28-,29+/m0/s1. The van der Waals surface area contributed by atoms with E-state index < -0.39 is 0 Å². The largest absolute Gasteiger partial charge is 0.463 e. The van der Waals surface area contributed by atoms with Gasteiger partial charge in [-0.2, -0.15) is 0 Å². The maximum absolute atomic E-state index is 11.5. The van der Waals surface area contributed by atoms with Gasteiger partial charge in [-0.05, 0) is 104 Å². The Morgan fingerprint density at radius 1 is 0.909 bits per heavy atom. The van der Waals surface area contributed by atoms with E-state index in [0.717, 1.165) is 49.5 Å². The van der Waals surface area contributed by atoms with Gasteiger partial charge < -0.3 is 14.2 Å². The summed E-state index contributed by atoms with van der Waals surface area (Å²) in [6.45, 7) is 12.4. The number of esters is 1. The van der Waals surface area contributed by atoms with E-state index >= 15 is 0 Å². The van der Waals surface area contributed by atoms with Gasteiger partial charge in [-0.1, -0.05) is 27.7 Å². The number of rotatable bonds is 1. The van der Waals surface area contributed by atoms with Crippen molar-refractivity contribution in [1.82, 2.24) is 0 Å². The predicted octanol–water partition coefficient (Wildman–Crippen LogP) is 6.36. The highest BCUT2D eigenvalue weighted by molar-refractivity contribution is 5.66. The molecule has 0 unspecified atom stereocenters. The summed E-state index contributed by atoms with van der Waals surface area (Å²) in [6.07, 6.45) is 12.9. The molecule has 6 aliphatic rings. The van der Waals surface area contributed by atoms with Crippen LogP contribution in [0.4, 0.5) is 0 Å². The highest BCUT2D eigenvalue weighted by atomic mass is 16.7. The molecule has 4 heteroatoms. The van der Waals surface area contributed by atoms with E-state index in [1.165, 1.54) is 44.9 Å². The fraction of sp³-hybridized carbons (Fsp3) is 0.966. The molecule has 0 radical (unpaired) electrons. The summed E-state index contributed by atoms with van der Waals surface area (Å²) in [4.78, 5) is 11.5. The van der Waals surface area contributed by atoms with Crippen LogP contribution >= 0.6 is 0 Å². The predicted molar refractivity (Wildman–Crippen MR) is 127 cm³/mol. The smallest absolute Gasteiger partial charge is 0.302 e. The molecule has 0 aromatic carbocycles. The van der Waals surface area contributed by atoms with Gasteiger partial charge in [0.1, 0.15) is 6.10 Å². The molecule has 2 heterocycles. The minimum Gasteiger partial charge on any atom is -0.463 e. The van der Waals surface area contributed by atoms with Crippen molar-refractivity contribution in [2.75, 3.05) is 6.61 Å². The first kappa shape index (κ1) is 22.8. The SMILES string of the molecule is CC(=O)O[C@H]1CC[C@@]2(C)[C@H](CC[C@H]3[C@@H]2CC[C@]2(C)[C@H]4[C@@H](C)[C@@]5(CC[C@H](C)CO5)O[C@@H]4C[C@@H]32)C1. The van der Waals surface area contributed by atoms with Crippen molar-refractivity contribution in [3.8, 4) is 0 Å². The molecular weight excluding hydrogens is 412 g/mol. The van der Waals surface area contributed by atoms with Crippen LogP contribution in [-0.2, 0) is 19.0 Å². The molecule has 0 aromatic heterocycles. The number of carbonyl (C=O) groups excluding carboxylic acids is 1. The van der Waals surface area contributed by atoms with E-state index in [9.17, 15) is 4.79 Å². The average Bonchev–Trinajstić information content (AvgIpc) is 3.21. The summed E-state index contributed by atoms with van der Waals surface area (Å²) in [7, 11) is 0. The van der Waals surface area contributed by atoms with Gasteiger partial charge in [0.2, 0.25) is 0 Å². The van der Waals surface area contributed by atoms with E-state index in [1.54, 1.807) is 6.92 Å². The molecule has 0 N–H and O–H groups in total. The lowest BCUT2D eigenvalue weighted by molar-refractivity contribution is -0.273. The third kappa shape index (κ3) is 3.25. The third-order valence-corrected chi connectivity index (χ3v) is 12.2. The number of fused-ring (bicyclic) bond motifs is 7. The first-order valence-electron chi connectivity index (χ1n) is 14.2. The van der Waals surface area contributed by atoms with Crippen LogP contribution in [0.1, 0.15) is 98.8 Å². The van der Waals surface area contributed by atoms with Crippen LogP contribution in [0.15, 0.2) is 0 Å². The first-order chi connectivity index (χ1) is 15.7. The minimum atomic E-state index is -0.300. The Kier molecular flexibility index (Phi) is 5.32. The number of ether oxygens (including phenoxy) is 3. The summed E-state index contributed by atoms with van der Waals surface area (Å²) in [6, 6.07) is 0. The van der Waals surface area contributed by atoms with Crippen LogP contribution in [0.2, 0.25) is 0 Å². The maximum Gasteiger partial charge on any atom is 0.302 e. The van der Waals surface area contributed by atoms with Gasteiger partial charge in [0.25, 0.3) is 0 Å². The Morgan fingerprint density at radius 2 is 1.70 bits per heavy atom. The van der Waals surface area contributed by atoms with E-state index in [1.807, 2.05) is 0 Å². The van der Waals surface area contributed by atoms with Crippen LogP contribution in [0.5, 0.6) is 0 Å². The zero-order chi connectivity index (χ0) is 23.2. The molecule has 12 atom stereocenters. The molecule has 6 fully saturated rings. The summed E-state index contributed by atoms with van der Waals surface area (Å²) in [5.74, 6) is 4.63. The van der Waals surface area contributed by atoms with Crippen LogP contribution < -0.4 is 0 Å². The second-order valence-corrected chi connectivity index (χ2v) is 13.7. The molecule has 0 bridgehead atoms. The highest BCUT2D eigenvalue weighted by Crippen LogP contribution is 2.71. The molecule has 1 spiro atoms. The van der Waals surface area contributed by atoms with Crippen molar-refractivity contribution >= 4 is 5.97 Å². The lowest BCUT2D eigenvalue weighted by Gasteiger charge is -2.61. The first-order valence-corrected chi connectivity index (χ1v) is 14.2. The van der Waals surface area contributed by atoms with Crippen molar-refractivity contribution in [1.29, 1.82) is 0 Å². The molecule has 4 saturated carbocycles. The molecule has 6 rings (SSSR count). The minimum absolute atomic E-state index is 0.105. The zero-order valence-corrected chi connectivity index (χ0v) is 21.6. The number of hydrogen-bond acceptors (Lipinski definition) is 4. The molecule has 0 amide bonds. The lowest BCUT2D eigenvalue weighted by Crippen LogP contribution is -2.55. The normalized spacial score (nSPS) is 57.7. The quantitative estimate of drug-likeness (QED) is 0.429. The summed E-state index contributed by atoms with van der Waals surface area (Å²) in [5, 5.41) is 0. The summed E-state index contributed by atoms with van der Waals surface area (Å²) >= 11 is 0. The second kappa shape index (κ2) is 7.69. The van der Waals surface area contributed by atoms with E-state index in [0.29, 0.717) is 34.7 Å². The molecule has 2 aliphatic heterocycles. The molecule has 186 valence electrons. The Hall–Kier alpha value is -0.610. The van der Waals surface area contributed by atoms with Crippen molar-refractivity contribution in [2.45, 2.75) is 117 Å². The highest BCUT2D eigenvalue weighted by Gasteiger charge is 2.69. The number of carbonyl (C=O) groups is 1. The Balaban J connectivity index is 1.21. The van der Waals surface area contributed by atoms with Crippen LogP contribution in [0, 0.1) is 52.3 Å². The van der Waals surface area contributed by atoms with Crippen LogP contribution in [0.25, 0.3) is 0 Å². The van der Waals surface area contributed by atoms with Crippen molar-refractivity contribution in [3.05, 3.63) is 0 Å². The van der Waals surface area contributed by atoms with Gasteiger partial charge >= 0.3 is 5.97 Å². The molecule has 4 nitrogen and oxygen atoms in total. The third-order valence-electron chi connectivity index (χ3n) is 12.2. The van der Waals surface area contributed by atoms with Crippen molar-refractivity contribution in [2.24, 2.45) is 52.3 Å². The average molecular weight is 459 g/mol. The fourth-order valence-corrected chi connectivity index (χ4v) is 10.6. The summed E-state index contributed by atoms with van der Waals surface area (Å²) < 4.78 is 19.1. The second-order valence-electron chi connectivity index (χ2n) is 13.7. The zero-order valence-electron chi connectivity index (χ0n) is 21.6. The molecular formula is C29H46O4. The van der Waals surface area contributed by atoms with Gasteiger partial charge in [0.05, 0.1) is 12.7 Å². The Labute approximate surface area is 200 Å². The van der Waals surface area contributed by atoms with Gasteiger partial charge in [0.15, 0.2) is 5.79 Å². The number of hydrogen-bond donors (Lipinski definition) is 0. The Bertz CT molecular complexity index is 786. The molecule has 0 aromatic rings. The van der Waals surface area contributed by atoms with Gasteiger partial charge in [-0.3, -0.25) is 4.79 Å². The van der Waals surface area contributed by atoms with Gasteiger partial charge in [0, 0.05) is 19.3 Å². The molecule has 2 saturated heterocycles. The van der Waals surface area contributed by atoms with Gasteiger partial charge in [-0.25, -0.2) is 0 Å². The van der Waals surface area contributed by atoms with E-state index in [2.05, 4.69) is 27.7 Å². The van der Waals surface area contributed by atoms with E-state index in [-0.39, 0.29) is 17.9 Å². The maximum atomic E-state index is 11.5. The van der Waals surface area contributed by atoms with E-state index in [4.69, 9.17) is 14.2 Å². The Morgan fingerprint density at radius 3 is 2.42 bits per heavy atom. The van der Waals surface area contributed by atoms with Crippen LogP contribution in [0.3, 0.4) is 0 Å².